The molecule has 0 atom stereocenters. The van der Waals surface area contributed by atoms with Crippen molar-refractivity contribution in [2.75, 3.05) is 34.8 Å². The van der Waals surface area contributed by atoms with E-state index in [4.69, 9.17) is 9.47 Å². The summed E-state index contributed by atoms with van der Waals surface area (Å²) in [4.78, 5) is 12.1. The van der Waals surface area contributed by atoms with Crippen LogP contribution in [0.5, 0.6) is 11.5 Å². The van der Waals surface area contributed by atoms with Gasteiger partial charge < -0.3 is 14.8 Å². The van der Waals surface area contributed by atoms with Crippen molar-refractivity contribution in [3.05, 3.63) is 42.5 Å². The Kier molecular flexibility index (Phi) is 7.62. The average molecular weight is 483 g/mol. The van der Waals surface area contributed by atoms with Crippen LogP contribution in [0.25, 0.3) is 0 Å². The Morgan fingerprint density at radius 3 is 2.25 bits per heavy atom. The number of anilines is 2. The molecule has 11 heteroatoms. The first-order chi connectivity index (χ1) is 15.2. The fourth-order valence-electron chi connectivity index (χ4n) is 3.07. The molecule has 0 aromatic heterocycles. The number of amides is 1. The lowest BCUT2D eigenvalue weighted by Crippen LogP contribution is -2.24. The summed E-state index contributed by atoms with van der Waals surface area (Å²) in [5.74, 6) is -0.389. The summed E-state index contributed by atoms with van der Waals surface area (Å²) in [6.45, 7) is 2.72. The van der Waals surface area contributed by atoms with E-state index in [1.54, 1.807) is 0 Å². The van der Waals surface area contributed by atoms with E-state index in [9.17, 15) is 21.6 Å². The summed E-state index contributed by atoms with van der Waals surface area (Å²) < 4.78 is 62.6. The highest BCUT2D eigenvalue weighted by Crippen LogP contribution is 2.32. The van der Waals surface area contributed by atoms with Crippen molar-refractivity contribution in [1.82, 2.24) is 0 Å². The number of rotatable bonds is 10. The van der Waals surface area contributed by atoms with Gasteiger partial charge in [-0.05, 0) is 42.8 Å². The molecule has 2 N–H and O–H groups in total. The quantitative estimate of drug-likeness (QED) is 0.498. The van der Waals surface area contributed by atoms with E-state index in [2.05, 4.69) is 10.0 Å². The van der Waals surface area contributed by atoms with Crippen LogP contribution in [0.1, 0.15) is 26.2 Å². The highest BCUT2D eigenvalue weighted by Gasteiger charge is 2.20. The number of benzene rings is 2. The molecule has 2 aromatic carbocycles. The van der Waals surface area contributed by atoms with Crippen LogP contribution in [-0.4, -0.2) is 47.5 Å². The SMILES string of the molecule is CCCCCS(=O)(=O)CC(=O)Nc1ccc(NS(=O)(=O)c2ccc3c(c2)OCCO3)cc1. The summed E-state index contributed by atoms with van der Waals surface area (Å²) in [5, 5.41) is 2.52. The number of nitrogens with one attached hydrogen (secondary N) is 2. The highest BCUT2D eigenvalue weighted by atomic mass is 32.2. The summed E-state index contributed by atoms with van der Waals surface area (Å²) in [6.07, 6.45) is 2.22. The van der Waals surface area contributed by atoms with Gasteiger partial charge >= 0.3 is 0 Å². The van der Waals surface area contributed by atoms with E-state index in [0.717, 1.165) is 12.8 Å². The van der Waals surface area contributed by atoms with Gasteiger partial charge in [0, 0.05) is 17.4 Å². The Bertz CT molecular complexity index is 1160. The first-order valence-electron chi connectivity index (χ1n) is 10.2. The van der Waals surface area contributed by atoms with Crippen molar-refractivity contribution in [1.29, 1.82) is 0 Å². The van der Waals surface area contributed by atoms with Gasteiger partial charge in [-0.25, -0.2) is 16.8 Å². The number of carbonyl (C=O) groups excluding carboxylic acids is 1. The van der Waals surface area contributed by atoms with E-state index >= 15 is 0 Å². The second-order valence-corrected chi connectivity index (χ2v) is 11.2. The molecule has 0 unspecified atom stereocenters. The highest BCUT2D eigenvalue weighted by molar-refractivity contribution is 7.92. The summed E-state index contributed by atoms with van der Waals surface area (Å²) in [7, 11) is -7.34. The molecule has 0 fully saturated rings. The minimum absolute atomic E-state index is 0.0190. The molecule has 0 saturated carbocycles. The van der Waals surface area contributed by atoms with Crippen LogP contribution >= 0.6 is 0 Å². The first kappa shape index (κ1) is 23.9. The third-order valence-electron chi connectivity index (χ3n) is 4.65. The van der Waals surface area contributed by atoms with Gasteiger partial charge in [0.2, 0.25) is 5.91 Å². The van der Waals surface area contributed by atoms with Crippen molar-refractivity contribution in [3.8, 4) is 11.5 Å². The molecule has 1 aliphatic rings. The van der Waals surface area contributed by atoms with Gasteiger partial charge in [0.05, 0.1) is 10.6 Å². The molecule has 0 bridgehead atoms. The third kappa shape index (κ3) is 6.60. The molecule has 32 heavy (non-hydrogen) atoms. The summed E-state index contributed by atoms with van der Waals surface area (Å²) in [6, 6.07) is 10.3. The number of hydrogen-bond donors (Lipinski definition) is 2. The van der Waals surface area contributed by atoms with Crippen LogP contribution in [-0.2, 0) is 24.7 Å². The third-order valence-corrected chi connectivity index (χ3v) is 7.65. The zero-order chi connectivity index (χ0) is 23.2. The Morgan fingerprint density at radius 1 is 0.906 bits per heavy atom. The number of sulfonamides is 1. The van der Waals surface area contributed by atoms with E-state index in [1.165, 1.54) is 42.5 Å². The largest absolute Gasteiger partial charge is 0.486 e. The number of fused-ring (bicyclic) bond motifs is 1. The second kappa shape index (κ2) is 10.2. The van der Waals surface area contributed by atoms with Gasteiger partial charge in [0.1, 0.15) is 19.0 Å². The second-order valence-electron chi connectivity index (χ2n) is 7.34. The lowest BCUT2D eigenvalue weighted by molar-refractivity contribution is -0.113. The molecule has 1 heterocycles. The van der Waals surface area contributed by atoms with E-state index in [0.29, 0.717) is 36.8 Å². The molecule has 3 rings (SSSR count). The number of ether oxygens (including phenoxy) is 2. The van der Waals surface area contributed by atoms with Crippen LogP contribution in [0, 0.1) is 0 Å². The maximum atomic E-state index is 12.7. The smallest absolute Gasteiger partial charge is 0.262 e. The fraction of sp³-hybridized carbons (Fsp3) is 0.381. The van der Waals surface area contributed by atoms with Crippen LogP contribution in [0.3, 0.4) is 0 Å². The van der Waals surface area contributed by atoms with Gasteiger partial charge in [-0.1, -0.05) is 19.8 Å². The number of sulfone groups is 1. The summed E-state index contributed by atoms with van der Waals surface area (Å²) >= 11 is 0. The minimum atomic E-state index is -3.87. The molecule has 0 saturated heterocycles. The zero-order valence-electron chi connectivity index (χ0n) is 17.7. The lowest BCUT2D eigenvalue weighted by Gasteiger charge is -2.19. The van der Waals surface area contributed by atoms with Gasteiger partial charge in [-0.15, -0.1) is 0 Å². The maximum Gasteiger partial charge on any atom is 0.262 e. The monoisotopic (exact) mass is 482 g/mol. The van der Waals surface area contributed by atoms with Crippen LogP contribution in [0.15, 0.2) is 47.4 Å². The lowest BCUT2D eigenvalue weighted by atomic mass is 10.3. The number of unbranched alkanes of at least 4 members (excludes halogenated alkanes) is 2. The van der Waals surface area contributed by atoms with Crippen molar-refractivity contribution >= 4 is 37.1 Å². The first-order valence-corrected chi connectivity index (χ1v) is 13.5. The minimum Gasteiger partial charge on any atom is -0.486 e. The predicted molar refractivity (Wildman–Crippen MR) is 121 cm³/mol. The van der Waals surface area contributed by atoms with Gasteiger partial charge in [-0.3, -0.25) is 9.52 Å². The van der Waals surface area contributed by atoms with Gasteiger partial charge in [0.15, 0.2) is 21.3 Å². The van der Waals surface area contributed by atoms with Crippen molar-refractivity contribution in [3.63, 3.8) is 0 Å². The van der Waals surface area contributed by atoms with E-state index in [1.807, 2.05) is 6.92 Å². The molecule has 0 radical (unpaired) electrons. The fourth-order valence-corrected chi connectivity index (χ4v) is 5.40. The summed E-state index contributed by atoms with van der Waals surface area (Å²) in [5.41, 5.74) is 0.645. The maximum absolute atomic E-state index is 12.7. The zero-order valence-corrected chi connectivity index (χ0v) is 19.3. The standard InChI is InChI=1S/C21H26N2O7S2/c1-2-3-4-13-31(25,26)15-21(24)22-16-5-7-17(8-6-16)23-32(27,28)18-9-10-19-20(14-18)30-12-11-29-19/h5-10,14,23H,2-4,11-13,15H2,1H3,(H,22,24). The van der Waals surface area contributed by atoms with Gasteiger partial charge in [0.25, 0.3) is 10.0 Å². The molecular weight excluding hydrogens is 456 g/mol. The normalized spacial score (nSPS) is 13.4. The molecular formula is C21H26N2O7S2. The Balaban J connectivity index is 1.60. The van der Waals surface area contributed by atoms with Crippen LogP contribution in [0.2, 0.25) is 0 Å². The van der Waals surface area contributed by atoms with E-state index < -0.39 is 31.5 Å². The molecule has 1 aliphatic heterocycles. The topological polar surface area (TPSA) is 128 Å². The molecule has 9 nitrogen and oxygen atoms in total. The van der Waals surface area contributed by atoms with E-state index in [-0.39, 0.29) is 16.3 Å². The predicted octanol–water partition coefficient (Wildman–Crippen LogP) is 2.80. The Labute approximate surface area is 188 Å². The van der Waals surface area contributed by atoms with Crippen molar-refractivity contribution < 1.29 is 31.1 Å². The number of hydrogen-bond acceptors (Lipinski definition) is 7. The Morgan fingerprint density at radius 2 is 1.56 bits per heavy atom. The Hall–Kier alpha value is -2.79. The molecule has 174 valence electrons. The molecule has 0 spiro atoms. The van der Waals surface area contributed by atoms with Crippen molar-refractivity contribution in [2.45, 2.75) is 31.1 Å². The molecule has 2 aromatic rings. The van der Waals surface area contributed by atoms with Crippen LogP contribution in [0.4, 0.5) is 11.4 Å². The average Bonchev–Trinajstić information content (AvgIpc) is 2.74. The molecule has 1 amide bonds. The van der Waals surface area contributed by atoms with Crippen LogP contribution < -0.4 is 19.5 Å². The molecule has 0 aliphatic carbocycles. The van der Waals surface area contributed by atoms with Crippen molar-refractivity contribution in [2.24, 2.45) is 0 Å². The van der Waals surface area contributed by atoms with Gasteiger partial charge in [-0.2, -0.15) is 0 Å². The number of carbonyl (C=O) groups is 1.